The minimum atomic E-state index is 0.159. The van der Waals surface area contributed by atoms with E-state index in [4.69, 9.17) is 4.42 Å². The molecular weight excluding hydrogens is 703 g/mol. The lowest BCUT2D eigenvalue weighted by atomic mass is 9.78. The molecule has 2 nitrogen and oxygen atoms in total. The van der Waals surface area contributed by atoms with Gasteiger partial charge in [0.05, 0.1) is 5.69 Å². The Morgan fingerprint density at radius 3 is 2.09 bits per heavy atom. The molecule has 0 N–H and O–H groups in total. The van der Waals surface area contributed by atoms with Crippen molar-refractivity contribution in [2.75, 3.05) is 4.90 Å². The van der Waals surface area contributed by atoms with Crippen molar-refractivity contribution < 1.29 is 4.42 Å². The highest BCUT2D eigenvalue weighted by Crippen LogP contribution is 2.48. The number of hydrogen-bond acceptors (Lipinski definition) is 2. The number of benzene rings is 8. The van der Waals surface area contributed by atoms with Crippen molar-refractivity contribution >= 4 is 54.9 Å². The predicted molar refractivity (Wildman–Crippen MR) is 245 cm³/mol. The van der Waals surface area contributed by atoms with Gasteiger partial charge in [0.2, 0.25) is 0 Å². The minimum Gasteiger partial charge on any atom is -0.456 e. The van der Waals surface area contributed by atoms with Gasteiger partial charge in [-0.05, 0) is 123 Å². The number of rotatable bonds is 7. The zero-order valence-electron chi connectivity index (χ0n) is 32.7. The highest BCUT2D eigenvalue weighted by atomic mass is 16.3. The largest absolute Gasteiger partial charge is 0.456 e. The molecule has 1 saturated carbocycles. The maximum atomic E-state index is 6.28. The van der Waals surface area contributed by atoms with Crippen LogP contribution in [-0.2, 0) is 0 Å². The molecule has 1 atom stereocenters. The first-order valence-corrected chi connectivity index (χ1v) is 21.1. The van der Waals surface area contributed by atoms with Crippen LogP contribution < -0.4 is 4.90 Å². The molecule has 8 aromatic carbocycles. The summed E-state index contributed by atoms with van der Waals surface area (Å²) in [5, 5.41) is 7.60. The number of furan rings is 1. The van der Waals surface area contributed by atoms with Crippen molar-refractivity contribution in [2.24, 2.45) is 0 Å². The van der Waals surface area contributed by atoms with Gasteiger partial charge in [-0.1, -0.05) is 159 Å². The molecule has 2 aliphatic rings. The van der Waals surface area contributed by atoms with E-state index in [2.05, 4.69) is 187 Å². The molecule has 0 saturated heterocycles. The summed E-state index contributed by atoms with van der Waals surface area (Å²) in [7, 11) is 0. The van der Waals surface area contributed by atoms with E-state index in [0.29, 0.717) is 5.92 Å². The van der Waals surface area contributed by atoms with Gasteiger partial charge in [-0.3, -0.25) is 0 Å². The van der Waals surface area contributed by atoms with Gasteiger partial charge >= 0.3 is 0 Å². The van der Waals surface area contributed by atoms with Crippen LogP contribution in [0.15, 0.2) is 198 Å². The van der Waals surface area contributed by atoms with Gasteiger partial charge < -0.3 is 9.32 Å². The van der Waals surface area contributed by atoms with Crippen LogP contribution in [0, 0.1) is 0 Å². The molecule has 2 aliphatic carbocycles. The molecule has 0 amide bonds. The Bertz CT molecular complexity index is 3020. The fourth-order valence-corrected chi connectivity index (χ4v) is 9.98. The lowest BCUT2D eigenvalue weighted by molar-refractivity contribution is 0.445. The Morgan fingerprint density at radius 2 is 1.21 bits per heavy atom. The van der Waals surface area contributed by atoms with E-state index < -0.39 is 0 Å². The predicted octanol–water partition coefficient (Wildman–Crippen LogP) is 16.0. The Labute approximate surface area is 340 Å². The summed E-state index contributed by atoms with van der Waals surface area (Å²) in [6.45, 7) is 0. The van der Waals surface area contributed by atoms with E-state index in [1.54, 1.807) is 0 Å². The zero-order chi connectivity index (χ0) is 38.4. The smallest absolute Gasteiger partial charge is 0.135 e. The zero-order valence-corrected chi connectivity index (χ0v) is 32.7. The van der Waals surface area contributed by atoms with Crippen LogP contribution in [0.1, 0.15) is 61.5 Å². The molecule has 58 heavy (non-hydrogen) atoms. The van der Waals surface area contributed by atoms with Gasteiger partial charge in [0.1, 0.15) is 11.2 Å². The van der Waals surface area contributed by atoms with Crippen LogP contribution in [0.25, 0.3) is 65.7 Å². The number of fused-ring (bicyclic) bond motifs is 5. The summed E-state index contributed by atoms with van der Waals surface area (Å²) >= 11 is 0. The lowest BCUT2D eigenvalue weighted by Gasteiger charge is -2.36. The highest BCUT2D eigenvalue weighted by Gasteiger charge is 2.30. The van der Waals surface area contributed by atoms with Gasteiger partial charge in [0.25, 0.3) is 0 Å². The first kappa shape index (κ1) is 34.6. The first-order chi connectivity index (χ1) is 28.8. The minimum absolute atomic E-state index is 0.159. The van der Waals surface area contributed by atoms with E-state index in [0.717, 1.165) is 39.7 Å². The Kier molecular flexibility index (Phi) is 8.77. The van der Waals surface area contributed by atoms with Crippen LogP contribution in [0.5, 0.6) is 0 Å². The average Bonchev–Trinajstić information content (AvgIpc) is 3.67. The summed E-state index contributed by atoms with van der Waals surface area (Å²) < 4.78 is 6.28. The number of para-hydroxylation sites is 2. The van der Waals surface area contributed by atoms with Gasteiger partial charge in [0.15, 0.2) is 0 Å². The van der Waals surface area contributed by atoms with Crippen molar-refractivity contribution in [2.45, 2.75) is 50.4 Å². The number of anilines is 2. The normalized spacial score (nSPS) is 16.0. The fourth-order valence-electron chi connectivity index (χ4n) is 9.98. The van der Waals surface area contributed by atoms with E-state index in [1.165, 1.54) is 92.7 Å². The van der Waals surface area contributed by atoms with Crippen molar-refractivity contribution in [3.05, 3.63) is 205 Å². The molecule has 0 aliphatic heterocycles. The summed E-state index contributed by atoms with van der Waals surface area (Å²) in [4.78, 5) is 2.55. The number of hydrogen-bond donors (Lipinski definition) is 0. The Morgan fingerprint density at radius 1 is 0.500 bits per heavy atom. The molecule has 0 spiro atoms. The van der Waals surface area contributed by atoms with E-state index in [1.807, 2.05) is 6.07 Å². The molecule has 11 rings (SSSR count). The third kappa shape index (κ3) is 6.12. The molecule has 280 valence electrons. The molecular formula is C56H45NO. The van der Waals surface area contributed by atoms with E-state index in [9.17, 15) is 0 Å². The lowest BCUT2D eigenvalue weighted by Crippen LogP contribution is -2.24. The molecule has 2 heteroatoms. The van der Waals surface area contributed by atoms with Crippen molar-refractivity contribution in [1.29, 1.82) is 0 Å². The quantitative estimate of drug-likeness (QED) is 0.161. The van der Waals surface area contributed by atoms with Gasteiger partial charge in [0, 0.05) is 33.6 Å². The second-order valence-corrected chi connectivity index (χ2v) is 16.2. The molecule has 1 unspecified atom stereocenters. The molecule has 9 aromatic rings. The topological polar surface area (TPSA) is 16.4 Å². The Balaban J connectivity index is 1.09. The maximum absolute atomic E-state index is 6.28. The highest BCUT2D eigenvalue weighted by molar-refractivity contribution is 6.07. The Hall–Kier alpha value is -6.64. The first-order valence-electron chi connectivity index (χ1n) is 21.1. The SMILES string of the molecule is C1=CCC(c2cccc3cccc(C4CCCCC4)c23)C(N(c2ccc(-c3ccc4ccccc4c3)cc2)c2ccccc2-c2ccc3oc4ccccc4c3c2)=C1. The van der Waals surface area contributed by atoms with Gasteiger partial charge in [-0.15, -0.1) is 0 Å². The summed E-state index contributed by atoms with van der Waals surface area (Å²) in [5.74, 6) is 0.769. The second-order valence-electron chi connectivity index (χ2n) is 16.2. The van der Waals surface area contributed by atoms with Crippen molar-refractivity contribution in [3.63, 3.8) is 0 Å². The number of allylic oxidation sites excluding steroid dienone is 4. The van der Waals surface area contributed by atoms with Gasteiger partial charge in [-0.2, -0.15) is 0 Å². The number of nitrogens with zero attached hydrogens (tertiary/aromatic N) is 1. The van der Waals surface area contributed by atoms with Crippen LogP contribution in [0.2, 0.25) is 0 Å². The van der Waals surface area contributed by atoms with E-state index in [-0.39, 0.29) is 5.92 Å². The van der Waals surface area contributed by atoms with Crippen molar-refractivity contribution in [1.82, 2.24) is 0 Å². The monoisotopic (exact) mass is 747 g/mol. The third-order valence-electron chi connectivity index (χ3n) is 12.8. The van der Waals surface area contributed by atoms with Crippen LogP contribution >= 0.6 is 0 Å². The third-order valence-corrected chi connectivity index (χ3v) is 12.8. The molecule has 1 fully saturated rings. The van der Waals surface area contributed by atoms with E-state index >= 15 is 0 Å². The van der Waals surface area contributed by atoms with Crippen LogP contribution in [0.3, 0.4) is 0 Å². The summed E-state index contributed by atoms with van der Waals surface area (Å²) in [5.41, 5.74) is 13.2. The maximum Gasteiger partial charge on any atom is 0.135 e. The summed E-state index contributed by atoms with van der Waals surface area (Å²) in [6, 6.07) is 62.6. The standard InChI is InChI=1S/C56H45NO/c1-2-15-40(16-3-1)47-23-12-18-41-19-13-24-50(56(41)47)48-21-7-10-26-53(48)57(45-33-30-39(31-34-45)43-29-28-38-14-4-5-17-42(38)36-43)52-25-9-6-20-46(52)44-32-35-55-51(37-44)49-22-8-11-27-54(49)58-55/h4-14,17-20,22-37,40,48H,1-3,15-16,21H2. The molecule has 0 bridgehead atoms. The van der Waals surface area contributed by atoms with Gasteiger partial charge in [-0.25, -0.2) is 0 Å². The summed E-state index contributed by atoms with van der Waals surface area (Å²) in [6.07, 6.45) is 14.5. The van der Waals surface area contributed by atoms with Crippen molar-refractivity contribution in [3.8, 4) is 22.3 Å². The molecule has 1 heterocycles. The average molecular weight is 748 g/mol. The molecule has 1 aromatic heterocycles. The van der Waals surface area contributed by atoms with Crippen LogP contribution in [-0.4, -0.2) is 0 Å². The molecule has 0 radical (unpaired) electrons. The fraction of sp³-hybridized carbons (Fsp3) is 0.143. The second kappa shape index (κ2) is 14.7. The van der Waals surface area contributed by atoms with Crippen LogP contribution in [0.4, 0.5) is 11.4 Å².